The lowest BCUT2D eigenvalue weighted by molar-refractivity contribution is 0.0547. The first-order chi connectivity index (χ1) is 12.2. The number of ether oxygens (including phenoxy) is 1. The number of rotatable bonds is 6. The van der Waals surface area contributed by atoms with Crippen molar-refractivity contribution in [1.29, 1.82) is 0 Å². The third kappa shape index (κ3) is 5.30. The van der Waals surface area contributed by atoms with Crippen molar-refractivity contribution in [3.05, 3.63) is 64.7 Å². The molecule has 0 saturated carbocycles. The van der Waals surface area contributed by atoms with E-state index in [4.69, 9.17) is 16.3 Å². The number of halogens is 1. The van der Waals surface area contributed by atoms with Crippen molar-refractivity contribution in [2.24, 2.45) is 5.92 Å². The van der Waals surface area contributed by atoms with Crippen LogP contribution in [-0.2, 0) is 11.3 Å². The molecule has 5 heteroatoms. The fraction of sp³-hybridized carbons (Fsp3) is 0.350. The lowest BCUT2D eigenvalue weighted by atomic mass is 10.0. The van der Waals surface area contributed by atoms with Gasteiger partial charge in [0.1, 0.15) is 0 Å². The Labute approximate surface area is 153 Å². The average molecular weight is 359 g/mol. The second-order valence-corrected chi connectivity index (χ2v) is 6.76. The molecule has 132 valence electrons. The predicted molar refractivity (Wildman–Crippen MR) is 101 cm³/mol. The molecule has 1 heterocycles. The minimum Gasteiger partial charge on any atom is -0.381 e. The first-order valence-electron chi connectivity index (χ1n) is 8.65. The Hall–Kier alpha value is -1.88. The van der Waals surface area contributed by atoms with Gasteiger partial charge in [-0.2, -0.15) is 0 Å². The van der Waals surface area contributed by atoms with Gasteiger partial charge in [-0.3, -0.25) is 4.79 Å². The normalized spacial score (nSPS) is 17.2. The lowest BCUT2D eigenvalue weighted by Crippen LogP contribution is -2.28. The summed E-state index contributed by atoms with van der Waals surface area (Å²) in [5.41, 5.74) is 2.38. The molecule has 2 aromatic carbocycles. The molecule has 0 radical (unpaired) electrons. The van der Waals surface area contributed by atoms with Crippen LogP contribution in [-0.4, -0.2) is 25.7 Å². The zero-order valence-corrected chi connectivity index (χ0v) is 14.9. The van der Waals surface area contributed by atoms with Gasteiger partial charge in [0.15, 0.2) is 0 Å². The van der Waals surface area contributed by atoms with Crippen LogP contribution in [0.5, 0.6) is 0 Å². The van der Waals surface area contributed by atoms with Gasteiger partial charge >= 0.3 is 0 Å². The van der Waals surface area contributed by atoms with Crippen LogP contribution >= 0.6 is 11.6 Å². The van der Waals surface area contributed by atoms with Gasteiger partial charge in [0.25, 0.3) is 5.91 Å². The number of nitrogens with one attached hydrogen (secondary N) is 2. The highest BCUT2D eigenvalue weighted by Crippen LogP contribution is 2.18. The molecule has 2 N–H and O–H groups in total. The Balaban J connectivity index is 1.54. The van der Waals surface area contributed by atoms with Crippen molar-refractivity contribution in [1.82, 2.24) is 5.32 Å². The van der Waals surface area contributed by atoms with Crippen molar-refractivity contribution >= 4 is 23.2 Å². The average Bonchev–Trinajstić information content (AvgIpc) is 2.63. The first kappa shape index (κ1) is 17.9. The van der Waals surface area contributed by atoms with Crippen LogP contribution in [0.15, 0.2) is 48.5 Å². The third-order valence-corrected chi connectivity index (χ3v) is 4.65. The van der Waals surface area contributed by atoms with E-state index >= 15 is 0 Å². The van der Waals surface area contributed by atoms with E-state index in [2.05, 4.69) is 16.7 Å². The minimum absolute atomic E-state index is 0.199. The Morgan fingerprint density at radius 3 is 2.88 bits per heavy atom. The zero-order valence-electron chi connectivity index (χ0n) is 14.1. The molecule has 0 spiro atoms. The van der Waals surface area contributed by atoms with E-state index < -0.39 is 0 Å². The molecule has 25 heavy (non-hydrogen) atoms. The summed E-state index contributed by atoms with van der Waals surface area (Å²) in [6.45, 7) is 3.47. The fourth-order valence-corrected chi connectivity index (χ4v) is 3.21. The summed E-state index contributed by atoms with van der Waals surface area (Å²) in [7, 11) is 0. The van der Waals surface area contributed by atoms with Gasteiger partial charge in [0.2, 0.25) is 0 Å². The summed E-state index contributed by atoms with van der Waals surface area (Å²) in [6.07, 6.45) is 2.37. The molecule has 1 amide bonds. The highest BCUT2D eigenvalue weighted by atomic mass is 35.5. The number of carbonyl (C=O) groups is 1. The second kappa shape index (κ2) is 8.99. The van der Waals surface area contributed by atoms with E-state index in [0.29, 0.717) is 16.5 Å². The molecule has 1 atom stereocenters. The molecule has 1 aliphatic heterocycles. The SMILES string of the molecule is O=C(Nc1cccc(CNCC2CCCOC2)c1)c1ccccc1Cl. The maximum absolute atomic E-state index is 12.3. The zero-order chi connectivity index (χ0) is 17.5. The van der Waals surface area contributed by atoms with Gasteiger partial charge in [-0.15, -0.1) is 0 Å². The monoisotopic (exact) mass is 358 g/mol. The molecule has 0 aromatic heterocycles. The summed E-state index contributed by atoms with van der Waals surface area (Å²) in [4.78, 5) is 12.3. The number of benzene rings is 2. The van der Waals surface area contributed by atoms with Crippen LogP contribution < -0.4 is 10.6 Å². The smallest absolute Gasteiger partial charge is 0.257 e. The summed E-state index contributed by atoms with van der Waals surface area (Å²) in [5, 5.41) is 6.84. The highest BCUT2D eigenvalue weighted by molar-refractivity contribution is 6.34. The van der Waals surface area contributed by atoms with Gasteiger partial charge in [-0.1, -0.05) is 35.9 Å². The molecular formula is C20H23ClN2O2. The van der Waals surface area contributed by atoms with Crippen LogP contribution in [0.25, 0.3) is 0 Å². The fourth-order valence-electron chi connectivity index (χ4n) is 2.99. The van der Waals surface area contributed by atoms with Gasteiger partial charge < -0.3 is 15.4 Å². The Kier molecular flexibility index (Phi) is 6.45. The number of hydrogen-bond acceptors (Lipinski definition) is 3. The number of amides is 1. The van der Waals surface area contributed by atoms with Crippen molar-refractivity contribution < 1.29 is 9.53 Å². The molecule has 1 saturated heterocycles. The van der Waals surface area contributed by atoms with E-state index in [-0.39, 0.29) is 5.91 Å². The van der Waals surface area contributed by atoms with Crippen molar-refractivity contribution in [2.45, 2.75) is 19.4 Å². The molecule has 0 aliphatic carbocycles. The second-order valence-electron chi connectivity index (χ2n) is 6.35. The van der Waals surface area contributed by atoms with Crippen LogP contribution in [0, 0.1) is 5.92 Å². The molecule has 2 aromatic rings. The number of hydrogen-bond donors (Lipinski definition) is 2. The summed E-state index contributed by atoms with van der Waals surface area (Å²) >= 11 is 6.08. The maximum Gasteiger partial charge on any atom is 0.257 e. The summed E-state index contributed by atoms with van der Waals surface area (Å²) < 4.78 is 5.50. The molecule has 0 bridgehead atoms. The standard InChI is InChI=1S/C20H23ClN2O2/c21-19-9-2-1-8-18(19)20(24)23-17-7-3-5-15(11-17)12-22-13-16-6-4-10-25-14-16/h1-3,5,7-9,11,16,22H,4,6,10,12-14H2,(H,23,24). The lowest BCUT2D eigenvalue weighted by Gasteiger charge is -2.22. The maximum atomic E-state index is 12.3. The van der Waals surface area contributed by atoms with Gasteiger partial charge in [0.05, 0.1) is 17.2 Å². The van der Waals surface area contributed by atoms with E-state index in [1.54, 1.807) is 18.2 Å². The Morgan fingerprint density at radius 1 is 1.20 bits per heavy atom. The van der Waals surface area contributed by atoms with E-state index in [1.807, 2.05) is 24.3 Å². The van der Waals surface area contributed by atoms with Crippen molar-refractivity contribution in [2.75, 3.05) is 25.1 Å². The van der Waals surface area contributed by atoms with Crippen molar-refractivity contribution in [3.63, 3.8) is 0 Å². The molecule has 4 nitrogen and oxygen atoms in total. The number of carbonyl (C=O) groups excluding carboxylic acids is 1. The minimum atomic E-state index is -0.199. The van der Waals surface area contributed by atoms with Crippen LogP contribution in [0.1, 0.15) is 28.8 Å². The number of anilines is 1. The first-order valence-corrected chi connectivity index (χ1v) is 9.03. The van der Waals surface area contributed by atoms with E-state index in [1.165, 1.54) is 6.42 Å². The largest absolute Gasteiger partial charge is 0.381 e. The molecule has 1 unspecified atom stereocenters. The highest BCUT2D eigenvalue weighted by Gasteiger charge is 2.13. The van der Waals surface area contributed by atoms with Gasteiger partial charge in [-0.25, -0.2) is 0 Å². The quantitative estimate of drug-likeness (QED) is 0.817. The molecule has 3 rings (SSSR count). The van der Waals surface area contributed by atoms with E-state index in [0.717, 1.165) is 44.0 Å². The van der Waals surface area contributed by atoms with Crippen molar-refractivity contribution in [3.8, 4) is 0 Å². The third-order valence-electron chi connectivity index (χ3n) is 4.32. The van der Waals surface area contributed by atoms with E-state index in [9.17, 15) is 4.79 Å². The van der Waals surface area contributed by atoms with Crippen LogP contribution in [0.4, 0.5) is 5.69 Å². The molecular weight excluding hydrogens is 336 g/mol. The topological polar surface area (TPSA) is 50.4 Å². The molecule has 1 fully saturated rings. The van der Waals surface area contributed by atoms with Crippen LogP contribution in [0.2, 0.25) is 5.02 Å². The van der Waals surface area contributed by atoms with Crippen LogP contribution in [0.3, 0.4) is 0 Å². The predicted octanol–water partition coefficient (Wildman–Crippen LogP) is 4.11. The van der Waals surface area contributed by atoms with Gasteiger partial charge in [0, 0.05) is 25.4 Å². The summed E-state index contributed by atoms with van der Waals surface area (Å²) in [5.74, 6) is 0.395. The Morgan fingerprint density at radius 2 is 2.08 bits per heavy atom. The van der Waals surface area contributed by atoms with Gasteiger partial charge in [-0.05, 0) is 48.6 Å². The Bertz CT molecular complexity index is 714. The molecule has 1 aliphatic rings. The summed E-state index contributed by atoms with van der Waals surface area (Å²) in [6, 6.07) is 14.9.